The third kappa shape index (κ3) is 72.4. The molecule has 0 bridgehead atoms. The molecule has 0 amide bonds. The van der Waals surface area contributed by atoms with Crippen LogP contribution in [0, 0.1) is 11.8 Å². The molecule has 0 radical (unpaired) electrons. The van der Waals surface area contributed by atoms with Gasteiger partial charge in [-0.15, -0.1) is 0 Å². The summed E-state index contributed by atoms with van der Waals surface area (Å²) in [6, 6.07) is 0. The first-order valence-electron chi connectivity index (χ1n) is 41.0. The van der Waals surface area contributed by atoms with E-state index in [-0.39, 0.29) is 25.7 Å². The van der Waals surface area contributed by atoms with E-state index in [0.717, 1.165) is 102 Å². The monoisotopic (exact) mass is 1440 g/mol. The molecule has 0 aromatic heterocycles. The lowest BCUT2D eigenvalue weighted by Crippen LogP contribution is -2.30. The molecule has 0 aromatic rings. The van der Waals surface area contributed by atoms with Crippen molar-refractivity contribution in [2.24, 2.45) is 11.8 Å². The first kappa shape index (κ1) is 96.1. The number of hydrogen-bond donors (Lipinski definition) is 3. The van der Waals surface area contributed by atoms with Gasteiger partial charge in [-0.25, -0.2) is 9.13 Å². The first-order chi connectivity index (χ1) is 47.4. The van der Waals surface area contributed by atoms with E-state index in [0.29, 0.717) is 25.7 Å². The maximum Gasteiger partial charge on any atom is 0.472 e. The van der Waals surface area contributed by atoms with Crippen molar-refractivity contribution in [3.8, 4) is 0 Å². The van der Waals surface area contributed by atoms with Gasteiger partial charge >= 0.3 is 39.5 Å². The number of phosphoric acid groups is 2. The molecule has 19 heteroatoms. The Balaban J connectivity index is 5.25. The summed E-state index contributed by atoms with van der Waals surface area (Å²) in [6.07, 6.45) is 59.5. The van der Waals surface area contributed by atoms with E-state index in [1.807, 2.05) is 0 Å². The van der Waals surface area contributed by atoms with Crippen LogP contribution < -0.4 is 0 Å². The highest BCUT2D eigenvalue weighted by Crippen LogP contribution is 2.45. The third-order valence-electron chi connectivity index (χ3n) is 18.5. The van der Waals surface area contributed by atoms with Crippen molar-refractivity contribution in [3.63, 3.8) is 0 Å². The molecule has 0 rings (SSSR count). The summed E-state index contributed by atoms with van der Waals surface area (Å²) in [5, 5.41) is 10.6. The summed E-state index contributed by atoms with van der Waals surface area (Å²) in [7, 11) is -9.92. The Labute approximate surface area is 600 Å². The van der Waals surface area contributed by atoms with Crippen molar-refractivity contribution in [2.45, 2.75) is 432 Å². The molecule has 0 aliphatic heterocycles. The minimum atomic E-state index is -4.96. The van der Waals surface area contributed by atoms with E-state index < -0.39 is 97.5 Å². The van der Waals surface area contributed by atoms with Crippen molar-refractivity contribution in [1.29, 1.82) is 0 Å². The fourth-order valence-electron chi connectivity index (χ4n) is 12.2. The summed E-state index contributed by atoms with van der Waals surface area (Å²) in [5.41, 5.74) is 0. The van der Waals surface area contributed by atoms with Gasteiger partial charge in [-0.1, -0.05) is 363 Å². The normalized spacial score (nSPS) is 13.9. The standard InChI is InChI=1S/C79H154O17P2/c1-7-9-11-13-15-17-19-20-25-33-39-45-51-57-63-78(83)95-74(67-89-76(81)61-55-49-43-37-29-18-16-14-12-10-8-2)69-93-97(85,86)91-65-73(80)66-92-98(87,88)94-70-75(68-90-77(82)62-56-50-44-38-32-28-27-31-36-42-48-54-60-72(5)6)96-79(84)64-58-52-46-40-34-26-23-21-22-24-30-35-41-47-53-59-71(3)4/h71-75,80H,7-70H2,1-6H3,(H,85,86)(H,87,88)/t73-,74+,75+/m0/s1. The Morgan fingerprint density at radius 1 is 0.276 bits per heavy atom. The van der Waals surface area contributed by atoms with Gasteiger partial charge in [0.05, 0.1) is 26.4 Å². The number of phosphoric ester groups is 2. The van der Waals surface area contributed by atoms with Crippen molar-refractivity contribution in [3.05, 3.63) is 0 Å². The van der Waals surface area contributed by atoms with Crippen LogP contribution >= 0.6 is 15.6 Å². The zero-order valence-corrected chi connectivity index (χ0v) is 65.9. The summed E-state index contributed by atoms with van der Waals surface area (Å²) in [6.45, 7) is 9.66. The van der Waals surface area contributed by atoms with E-state index in [2.05, 4.69) is 41.5 Å². The molecule has 0 aliphatic rings. The number of rotatable bonds is 78. The van der Waals surface area contributed by atoms with Crippen molar-refractivity contribution in [1.82, 2.24) is 0 Å². The summed E-state index contributed by atoms with van der Waals surface area (Å²) >= 11 is 0. The van der Waals surface area contributed by atoms with E-state index in [9.17, 15) is 43.2 Å². The van der Waals surface area contributed by atoms with E-state index in [1.165, 1.54) is 231 Å². The third-order valence-corrected chi connectivity index (χ3v) is 20.4. The van der Waals surface area contributed by atoms with E-state index in [4.69, 9.17) is 37.0 Å². The molecule has 0 fully saturated rings. The fraction of sp³-hybridized carbons (Fsp3) is 0.949. The van der Waals surface area contributed by atoms with Crippen molar-refractivity contribution in [2.75, 3.05) is 39.6 Å². The Kier molecular flexibility index (Phi) is 69.3. The maximum absolute atomic E-state index is 13.1. The van der Waals surface area contributed by atoms with Crippen LogP contribution in [0.15, 0.2) is 0 Å². The highest BCUT2D eigenvalue weighted by Gasteiger charge is 2.30. The van der Waals surface area contributed by atoms with Crippen LogP contribution in [0.4, 0.5) is 0 Å². The second kappa shape index (κ2) is 70.7. The molecule has 0 saturated heterocycles. The Hall–Kier alpha value is -1.94. The molecule has 582 valence electrons. The molecule has 17 nitrogen and oxygen atoms in total. The smallest absolute Gasteiger partial charge is 0.462 e. The van der Waals surface area contributed by atoms with Gasteiger partial charge in [0, 0.05) is 25.7 Å². The fourth-order valence-corrected chi connectivity index (χ4v) is 13.8. The summed E-state index contributed by atoms with van der Waals surface area (Å²) in [5.74, 6) is -0.524. The number of aliphatic hydroxyl groups excluding tert-OH is 1. The Morgan fingerprint density at radius 3 is 0.694 bits per heavy atom. The highest BCUT2D eigenvalue weighted by atomic mass is 31.2. The van der Waals surface area contributed by atoms with Gasteiger partial charge < -0.3 is 33.8 Å². The van der Waals surface area contributed by atoms with E-state index in [1.54, 1.807) is 0 Å². The first-order valence-corrected chi connectivity index (χ1v) is 44.0. The molecule has 3 N–H and O–H groups in total. The SMILES string of the molecule is CCCCCCCCCCCCCCCCC(=O)O[C@H](COC(=O)CCCCCCCCCCCCC)COP(=O)(O)OC[C@H](O)COP(=O)(O)OC[C@@H](COC(=O)CCCCCCCCCCCCCCC(C)C)OC(=O)CCCCCCCCCCCCCCCCCC(C)C. The van der Waals surface area contributed by atoms with Gasteiger partial charge in [-0.3, -0.25) is 37.3 Å². The molecule has 0 heterocycles. The largest absolute Gasteiger partial charge is 0.472 e. The lowest BCUT2D eigenvalue weighted by molar-refractivity contribution is -0.161. The lowest BCUT2D eigenvalue weighted by Gasteiger charge is -2.21. The van der Waals surface area contributed by atoms with Crippen LogP contribution in [-0.2, 0) is 65.4 Å². The number of unbranched alkanes of at least 4 members (excludes halogenated alkanes) is 48. The number of esters is 4. The zero-order chi connectivity index (χ0) is 72.1. The molecule has 0 saturated carbocycles. The number of hydrogen-bond acceptors (Lipinski definition) is 15. The van der Waals surface area contributed by atoms with Crippen LogP contribution in [0.3, 0.4) is 0 Å². The van der Waals surface area contributed by atoms with Crippen LogP contribution in [0.2, 0.25) is 0 Å². The van der Waals surface area contributed by atoms with Crippen LogP contribution in [0.25, 0.3) is 0 Å². The number of aliphatic hydroxyl groups is 1. The number of carbonyl (C=O) groups excluding carboxylic acids is 4. The van der Waals surface area contributed by atoms with Crippen LogP contribution in [0.5, 0.6) is 0 Å². The van der Waals surface area contributed by atoms with Crippen molar-refractivity contribution >= 4 is 39.5 Å². The average molecular weight is 1440 g/mol. The number of carbonyl (C=O) groups is 4. The summed E-state index contributed by atoms with van der Waals surface area (Å²) < 4.78 is 68.7. The molecule has 0 spiro atoms. The van der Waals surface area contributed by atoms with Gasteiger partial charge in [-0.05, 0) is 37.5 Å². The van der Waals surface area contributed by atoms with Gasteiger partial charge in [0.2, 0.25) is 0 Å². The molecule has 0 aromatic carbocycles. The molecular weight excluding hydrogens is 1280 g/mol. The maximum atomic E-state index is 13.1. The minimum Gasteiger partial charge on any atom is -0.462 e. The molecule has 0 aliphatic carbocycles. The van der Waals surface area contributed by atoms with Gasteiger partial charge in [0.15, 0.2) is 12.2 Å². The topological polar surface area (TPSA) is 237 Å². The van der Waals surface area contributed by atoms with Crippen LogP contribution in [0.1, 0.15) is 414 Å². The predicted molar refractivity (Wildman–Crippen MR) is 400 cm³/mol. The average Bonchev–Trinajstić information content (AvgIpc) is 1.03. The highest BCUT2D eigenvalue weighted by molar-refractivity contribution is 7.47. The second-order valence-corrected chi connectivity index (χ2v) is 32.3. The minimum absolute atomic E-state index is 0.108. The van der Waals surface area contributed by atoms with Gasteiger partial charge in [-0.2, -0.15) is 0 Å². The molecule has 5 atom stereocenters. The summed E-state index contributed by atoms with van der Waals surface area (Å²) in [4.78, 5) is 73.0. The number of ether oxygens (including phenoxy) is 4. The van der Waals surface area contributed by atoms with Gasteiger partial charge in [0.25, 0.3) is 0 Å². The molecule has 2 unspecified atom stereocenters. The Morgan fingerprint density at radius 2 is 0.469 bits per heavy atom. The predicted octanol–water partition coefficient (Wildman–Crippen LogP) is 23.5. The lowest BCUT2D eigenvalue weighted by atomic mass is 10.0. The quantitative estimate of drug-likeness (QED) is 0.0222. The van der Waals surface area contributed by atoms with Gasteiger partial charge in [0.1, 0.15) is 19.3 Å². The Bertz CT molecular complexity index is 1890. The second-order valence-electron chi connectivity index (χ2n) is 29.4. The van der Waals surface area contributed by atoms with Crippen LogP contribution in [-0.4, -0.2) is 96.7 Å². The molecular formula is C79H154O17P2. The molecule has 98 heavy (non-hydrogen) atoms. The zero-order valence-electron chi connectivity index (χ0n) is 64.1. The van der Waals surface area contributed by atoms with E-state index >= 15 is 0 Å². The van der Waals surface area contributed by atoms with Crippen molar-refractivity contribution < 1.29 is 80.2 Å².